The van der Waals surface area contributed by atoms with Crippen LogP contribution in [-0.2, 0) is 16.0 Å². The number of piperidine rings is 1. The number of ether oxygens (including phenoxy) is 1. The lowest BCUT2D eigenvalue weighted by molar-refractivity contribution is -0.131. The average molecular weight is 458 g/mol. The molecule has 1 aliphatic carbocycles. The van der Waals surface area contributed by atoms with Crippen molar-refractivity contribution in [3.63, 3.8) is 0 Å². The highest BCUT2D eigenvalue weighted by Crippen LogP contribution is 2.46. The van der Waals surface area contributed by atoms with Crippen molar-refractivity contribution in [3.8, 4) is 0 Å². The van der Waals surface area contributed by atoms with Crippen LogP contribution in [-0.4, -0.2) is 53.7 Å². The predicted octanol–water partition coefficient (Wildman–Crippen LogP) is 3.94. The zero-order chi connectivity index (χ0) is 22.9. The molecule has 3 aromatic rings. The molecule has 1 spiro atoms. The molecule has 0 radical (unpaired) electrons. The zero-order valence-corrected chi connectivity index (χ0v) is 19.0. The van der Waals surface area contributed by atoms with E-state index in [1.165, 1.54) is 34.0 Å². The van der Waals surface area contributed by atoms with Crippen molar-refractivity contribution in [1.29, 1.82) is 0 Å². The highest BCUT2D eigenvalue weighted by molar-refractivity contribution is 5.91. The van der Waals surface area contributed by atoms with E-state index in [4.69, 9.17) is 4.74 Å². The number of rotatable bonds is 4. The summed E-state index contributed by atoms with van der Waals surface area (Å²) in [5.74, 6) is -0.123. The minimum Gasteiger partial charge on any atom is -0.371 e. The number of epoxide rings is 1. The van der Waals surface area contributed by atoms with Gasteiger partial charge in [0.1, 0.15) is 17.5 Å². The number of benzene rings is 3. The minimum absolute atomic E-state index is 0.0458. The maximum absolute atomic E-state index is 13.6. The Balaban J connectivity index is 1.16. The standard InChI is InChI=1S/C28H28FN3O2/c29-21-9-7-19(8-10-21)26(24-16-34-24)32-17-30-27(33)28(32)11-13-31(14-12-28)23-15-20-5-1-3-18-4-2-6-22(23)25(18)20/h1-10,23-24,26H,11-17H2,(H,30,33). The molecule has 0 aromatic heterocycles. The highest BCUT2D eigenvalue weighted by Gasteiger charge is 2.56. The van der Waals surface area contributed by atoms with Crippen LogP contribution in [0.3, 0.4) is 0 Å². The van der Waals surface area contributed by atoms with E-state index in [0.717, 1.165) is 37.9 Å². The van der Waals surface area contributed by atoms with Crippen molar-refractivity contribution in [1.82, 2.24) is 15.1 Å². The predicted molar refractivity (Wildman–Crippen MR) is 128 cm³/mol. The van der Waals surface area contributed by atoms with Gasteiger partial charge in [-0.05, 0) is 58.9 Å². The van der Waals surface area contributed by atoms with Crippen LogP contribution < -0.4 is 5.32 Å². The molecule has 3 aromatic carbocycles. The van der Waals surface area contributed by atoms with Gasteiger partial charge in [0, 0.05) is 19.1 Å². The summed E-state index contributed by atoms with van der Waals surface area (Å²) in [5.41, 5.74) is 3.33. The largest absolute Gasteiger partial charge is 0.371 e. The lowest BCUT2D eigenvalue weighted by Gasteiger charge is -2.46. The van der Waals surface area contributed by atoms with Gasteiger partial charge in [0.05, 0.1) is 19.3 Å². The maximum Gasteiger partial charge on any atom is 0.241 e. The number of amides is 1. The summed E-state index contributed by atoms with van der Waals surface area (Å²) >= 11 is 0. The molecule has 3 aliphatic heterocycles. The molecule has 3 fully saturated rings. The third-order valence-electron chi connectivity index (χ3n) is 8.50. The monoisotopic (exact) mass is 457 g/mol. The molecule has 1 amide bonds. The first-order chi connectivity index (χ1) is 16.6. The van der Waals surface area contributed by atoms with E-state index in [1.54, 1.807) is 0 Å². The molecule has 7 rings (SSSR count). The minimum atomic E-state index is -0.543. The summed E-state index contributed by atoms with van der Waals surface area (Å²) in [6.07, 6.45) is 2.65. The van der Waals surface area contributed by atoms with Crippen molar-refractivity contribution in [2.75, 3.05) is 26.4 Å². The highest BCUT2D eigenvalue weighted by atomic mass is 19.1. The summed E-state index contributed by atoms with van der Waals surface area (Å²) in [4.78, 5) is 18.2. The Morgan fingerprint density at radius 1 is 1.03 bits per heavy atom. The van der Waals surface area contributed by atoms with Gasteiger partial charge in [0.15, 0.2) is 0 Å². The van der Waals surface area contributed by atoms with Gasteiger partial charge in [0.2, 0.25) is 5.91 Å². The molecule has 0 bridgehead atoms. The summed E-state index contributed by atoms with van der Waals surface area (Å²) in [6.45, 7) is 2.94. The lowest BCUT2D eigenvalue weighted by atomic mass is 9.83. The molecule has 3 saturated heterocycles. The quantitative estimate of drug-likeness (QED) is 0.603. The van der Waals surface area contributed by atoms with Gasteiger partial charge in [-0.15, -0.1) is 0 Å². The Labute approximate surface area is 198 Å². The molecule has 3 atom stereocenters. The molecule has 1 N–H and O–H groups in total. The molecule has 3 unspecified atom stereocenters. The molecular weight excluding hydrogens is 429 g/mol. The normalized spacial score (nSPS) is 26.8. The first-order valence-corrected chi connectivity index (χ1v) is 12.3. The molecule has 3 heterocycles. The summed E-state index contributed by atoms with van der Waals surface area (Å²) in [6, 6.07) is 20.3. The average Bonchev–Trinajstić information content (AvgIpc) is 3.57. The van der Waals surface area contributed by atoms with Gasteiger partial charge < -0.3 is 10.1 Å². The van der Waals surface area contributed by atoms with Crippen LogP contribution in [0.5, 0.6) is 0 Å². The number of nitrogens with one attached hydrogen (secondary N) is 1. The molecule has 174 valence electrons. The fourth-order valence-corrected chi connectivity index (χ4v) is 6.72. The third kappa shape index (κ3) is 3.05. The summed E-state index contributed by atoms with van der Waals surface area (Å²) < 4.78 is 19.3. The topological polar surface area (TPSA) is 48.1 Å². The van der Waals surface area contributed by atoms with Crippen LogP contribution in [0, 0.1) is 5.82 Å². The number of hydrogen-bond acceptors (Lipinski definition) is 4. The first-order valence-electron chi connectivity index (χ1n) is 12.3. The van der Waals surface area contributed by atoms with Gasteiger partial charge in [-0.1, -0.05) is 48.5 Å². The molecule has 5 nitrogen and oxygen atoms in total. The Kier molecular flexibility index (Phi) is 4.60. The number of nitrogens with zero attached hydrogens (tertiary/aromatic N) is 2. The molecule has 0 saturated carbocycles. The maximum atomic E-state index is 13.6. The molecule has 34 heavy (non-hydrogen) atoms. The van der Waals surface area contributed by atoms with Crippen molar-refractivity contribution in [2.24, 2.45) is 0 Å². The van der Waals surface area contributed by atoms with E-state index >= 15 is 0 Å². The zero-order valence-electron chi connectivity index (χ0n) is 19.0. The van der Waals surface area contributed by atoms with Gasteiger partial charge in [-0.25, -0.2) is 4.39 Å². The second-order valence-corrected chi connectivity index (χ2v) is 10.2. The van der Waals surface area contributed by atoms with E-state index in [0.29, 0.717) is 19.3 Å². The Morgan fingerprint density at radius 2 is 1.76 bits per heavy atom. The Hall–Kier alpha value is -2.80. The number of carbonyl (C=O) groups excluding carboxylic acids is 1. The van der Waals surface area contributed by atoms with Crippen LogP contribution in [0.4, 0.5) is 4.39 Å². The molecular formula is C28H28FN3O2. The number of halogens is 1. The van der Waals surface area contributed by atoms with Crippen LogP contribution in [0.1, 0.15) is 41.6 Å². The van der Waals surface area contributed by atoms with Crippen LogP contribution in [0.25, 0.3) is 10.8 Å². The SMILES string of the molecule is O=C1NCN(C(c2ccc(F)cc2)C2CO2)C12CCN(C1Cc3cccc4cccc1c34)CC2. The number of likely N-dealkylation sites (tertiary alicyclic amines) is 1. The third-order valence-corrected chi connectivity index (χ3v) is 8.50. The molecule has 6 heteroatoms. The van der Waals surface area contributed by atoms with Gasteiger partial charge in [-0.3, -0.25) is 14.6 Å². The fourth-order valence-electron chi connectivity index (χ4n) is 6.72. The Bertz CT molecular complexity index is 1260. The number of hydrogen-bond donors (Lipinski definition) is 1. The van der Waals surface area contributed by atoms with Crippen LogP contribution in [0.15, 0.2) is 60.7 Å². The first kappa shape index (κ1) is 20.6. The van der Waals surface area contributed by atoms with E-state index < -0.39 is 5.54 Å². The Morgan fingerprint density at radius 3 is 2.50 bits per heavy atom. The van der Waals surface area contributed by atoms with Gasteiger partial charge >= 0.3 is 0 Å². The smallest absolute Gasteiger partial charge is 0.241 e. The van der Waals surface area contributed by atoms with Gasteiger partial charge in [0.25, 0.3) is 0 Å². The van der Waals surface area contributed by atoms with Crippen LogP contribution >= 0.6 is 0 Å². The van der Waals surface area contributed by atoms with E-state index in [1.807, 2.05) is 12.1 Å². The van der Waals surface area contributed by atoms with E-state index in [-0.39, 0.29) is 23.9 Å². The van der Waals surface area contributed by atoms with Crippen LogP contribution in [0.2, 0.25) is 0 Å². The summed E-state index contributed by atoms with van der Waals surface area (Å²) in [7, 11) is 0. The van der Waals surface area contributed by atoms with E-state index in [2.05, 4.69) is 51.5 Å². The summed E-state index contributed by atoms with van der Waals surface area (Å²) in [5, 5.41) is 5.86. The lowest BCUT2D eigenvalue weighted by Crippen LogP contribution is -2.57. The van der Waals surface area contributed by atoms with Crippen molar-refractivity contribution in [3.05, 3.63) is 83.2 Å². The second-order valence-electron chi connectivity index (χ2n) is 10.2. The van der Waals surface area contributed by atoms with Crippen molar-refractivity contribution in [2.45, 2.75) is 43.0 Å². The second kappa shape index (κ2) is 7.60. The van der Waals surface area contributed by atoms with Crippen molar-refractivity contribution >= 4 is 16.7 Å². The number of carbonyl (C=O) groups is 1. The molecule has 4 aliphatic rings. The van der Waals surface area contributed by atoms with E-state index in [9.17, 15) is 9.18 Å². The van der Waals surface area contributed by atoms with Gasteiger partial charge in [-0.2, -0.15) is 0 Å². The fraction of sp³-hybridized carbons (Fsp3) is 0.393. The van der Waals surface area contributed by atoms with Crippen molar-refractivity contribution < 1.29 is 13.9 Å².